The van der Waals surface area contributed by atoms with Gasteiger partial charge in [0.2, 0.25) is 0 Å². The van der Waals surface area contributed by atoms with Gasteiger partial charge < -0.3 is 4.98 Å². The standard InChI is InChI=1S/C18H41NSi2/c1-11-14-19-20(13-3,18(10)12-2)21(15(4)5,16(6)7)17(8)9/h12,15-17,19H,11,13-14H2,1-10H3/b18-12+. The van der Waals surface area contributed by atoms with E-state index in [2.05, 4.69) is 80.3 Å². The van der Waals surface area contributed by atoms with Crippen LogP contribution in [0.5, 0.6) is 0 Å². The van der Waals surface area contributed by atoms with Crippen LogP contribution in [0.1, 0.15) is 75.7 Å². The molecule has 0 aromatic heterocycles. The molecule has 21 heavy (non-hydrogen) atoms. The van der Waals surface area contributed by atoms with Crippen LogP contribution in [-0.4, -0.2) is 21.9 Å². The van der Waals surface area contributed by atoms with Crippen LogP contribution < -0.4 is 4.98 Å². The molecule has 0 heterocycles. The first-order chi connectivity index (χ1) is 9.68. The van der Waals surface area contributed by atoms with E-state index in [0.717, 1.165) is 16.6 Å². The highest BCUT2D eigenvalue weighted by molar-refractivity contribution is 7.45. The van der Waals surface area contributed by atoms with E-state index in [1.165, 1.54) is 19.0 Å². The molecule has 1 unspecified atom stereocenters. The van der Waals surface area contributed by atoms with Crippen molar-refractivity contribution in [2.75, 3.05) is 6.54 Å². The fourth-order valence-electron chi connectivity index (χ4n) is 5.41. The van der Waals surface area contributed by atoms with Crippen LogP contribution in [0.3, 0.4) is 0 Å². The molecule has 0 aromatic rings. The number of hydrogen-bond donors (Lipinski definition) is 1. The lowest BCUT2D eigenvalue weighted by Crippen LogP contribution is -2.76. The first kappa shape index (κ1) is 21.1. The summed E-state index contributed by atoms with van der Waals surface area (Å²) in [5.74, 6) is 0. The normalized spacial score (nSPS) is 16.9. The minimum Gasteiger partial charge on any atom is -0.336 e. The van der Waals surface area contributed by atoms with Crippen molar-refractivity contribution in [1.29, 1.82) is 0 Å². The van der Waals surface area contributed by atoms with E-state index in [1.54, 1.807) is 5.20 Å². The topological polar surface area (TPSA) is 12.0 Å². The largest absolute Gasteiger partial charge is 0.336 e. The molecule has 3 heteroatoms. The molecule has 0 aromatic carbocycles. The van der Waals surface area contributed by atoms with Crippen molar-refractivity contribution in [2.24, 2.45) is 0 Å². The molecule has 1 N–H and O–H groups in total. The second-order valence-electron chi connectivity index (χ2n) is 7.55. The number of hydrogen-bond acceptors (Lipinski definition) is 1. The molecule has 0 rings (SSSR count). The molecule has 0 radical (unpaired) electrons. The second-order valence-corrected chi connectivity index (χ2v) is 21.7. The van der Waals surface area contributed by atoms with Crippen LogP contribution in [-0.2, 0) is 0 Å². The molecule has 1 nitrogen and oxygen atoms in total. The smallest absolute Gasteiger partial charge is 0.142 e. The Morgan fingerprint density at radius 3 is 1.62 bits per heavy atom. The molecule has 0 amide bonds. The van der Waals surface area contributed by atoms with E-state index in [9.17, 15) is 0 Å². The third-order valence-corrected chi connectivity index (χ3v) is 29.1. The van der Waals surface area contributed by atoms with E-state index in [4.69, 9.17) is 0 Å². The van der Waals surface area contributed by atoms with Gasteiger partial charge in [-0.15, -0.1) is 0 Å². The van der Waals surface area contributed by atoms with E-state index in [1.807, 2.05) is 0 Å². The van der Waals surface area contributed by atoms with E-state index in [-0.39, 0.29) is 0 Å². The SMILES string of the molecule is C/C=C(\C)[Si](CC)(NCCC)[Si](C(C)C)(C(C)C)C(C)C. The molecule has 126 valence electrons. The number of rotatable bonds is 9. The monoisotopic (exact) mass is 327 g/mol. The summed E-state index contributed by atoms with van der Waals surface area (Å²) in [6, 6.07) is 1.35. The molecular formula is C18H41NSi2. The zero-order valence-electron chi connectivity index (χ0n) is 16.4. The summed E-state index contributed by atoms with van der Waals surface area (Å²) in [5.41, 5.74) is 2.51. The quantitative estimate of drug-likeness (QED) is 0.496. The highest BCUT2D eigenvalue weighted by Gasteiger charge is 2.59. The van der Waals surface area contributed by atoms with Gasteiger partial charge in [0.25, 0.3) is 0 Å². The minimum absolute atomic E-state index is 0.836. The highest BCUT2D eigenvalue weighted by Crippen LogP contribution is 2.49. The van der Waals surface area contributed by atoms with Crippen molar-refractivity contribution in [3.8, 4) is 0 Å². The fourth-order valence-corrected chi connectivity index (χ4v) is 30.7. The van der Waals surface area contributed by atoms with Gasteiger partial charge in [0.15, 0.2) is 0 Å². The summed E-state index contributed by atoms with van der Waals surface area (Å²) in [7, 11) is -3.08. The molecule has 0 aliphatic rings. The van der Waals surface area contributed by atoms with Crippen LogP contribution in [0.15, 0.2) is 11.3 Å². The maximum Gasteiger partial charge on any atom is 0.142 e. The van der Waals surface area contributed by atoms with Crippen molar-refractivity contribution < 1.29 is 0 Å². The average Bonchev–Trinajstić information content (AvgIpc) is 2.41. The van der Waals surface area contributed by atoms with Crippen molar-refractivity contribution in [3.05, 3.63) is 11.3 Å². The lowest BCUT2D eigenvalue weighted by Gasteiger charge is -2.56. The molecule has 0 saturated carbocycles. The summed E-state index contributed by atoms with van der Waals surface area (Å²) in [4.78, 5) is 4.20. The maximum atomic E-state index is 4.20. The van der Waals surface area contributed by atoms with Gasteiger partial charge in [-0.2, -0.15) is 0 Å². The zero-order valence-corrected chi connectivity index (χ0v) is 18.4. The minimum atomic E-state index is -1.61. The van der Waals surface area contributed by atoms with Gasteiger partial charge in [-0.25, -0.2) is 0 Å². The molecule has 0 bridgehead atoms. The lowest BCUT2D eigenvalue weighted by atomic mass is 10.5. The molecule has 0 fully saturated rings. The number of allylic oxidation sites excluding steroid dienone is 2. The van der Waals surface area contributed by atoms with Gasteiger partial charge in [-0.1, -0.05) is 83.3 Å². The second kappa shape index (κ2) is 8.68. The Bertz CT molecular complexity index is 312. The Hall–Kier alpha value is 0.134. The van der Waals surface area contributed by atoms with Gasteiger partial charge in [0, 0.05) is 0 Å². The van der Waals surface area contributed by atoms with E-state index in [0.29, 0.717) is 0 Å². The first-order valence-electron chi connectivity index (χ1n) is 9.07. The van der Waals surface area contributed by atoms with E-state index < -0.39 is 15.3 Å². The first-order valence-corrected chi connectivity index (χ1v) is 14.5. The van der Waals surface area contributed by atoms with Crippen LogP contribution in [0, 0.1) is 0 Å². The van der Waals surface area contributed by atoms with Crippen LogP contribution in [0.2, 0.25) is 22.7 Å². The van der Waals surface area contributed by atoms with Gasteiger partial charge in [-0.3, -0.25) is 0 Å². The molecule has 1 atom stereocenters. The average molecular weight is 328 g/mol. The molecule has 0 aliphatic heterocycles. The summed E-state index contributed by atoms with van der Waals surface area (Å²) in [6.07, 6.45) is 3.66. The van der Waals surface area contributed by atoms with Crippen molar-refractivity contribution >= 4 is 15.3 Å². The number of nitrogens with one attached hydrogen (secondary N) is 1. The Labute approximate surface area is 136 Å². The zero-order chi connectivity index (χ0) is 16.8. The van der Waals surface area contributed by atoms with Crippen molar-refractivity contribution in [2.45, 2.75) is 98.3 Å². The van der Waals surface area contributed by atoms with Gasteiger partial charge in [0.1, 0.15) is 7.75 Å². The summed E-state index contributed by atoms with van der Waals surface area (Å²) in [6.45, 7) is 25.7. The highest BCUT2D eigenvalue weighted by atomic mass is 29.3. The Balaban J connectivity index is 6.38. The lowest BCUT2D eigenvalue weighted by molar-refractivity contribution is 0.802. The maximum absolute atomic E-state index is 4.20. The van der Waals surface area contributed by atoms with Gasteiger partial charge >= 0.3 is 0 Å². The van der Waals surface area contributed by atoms with Crippen LogP contribution in [0.25, 0.3) is 0 Å². The molecule has 0 aliphatic carbocycles. The third-order valence-electron chi connectivity index (χ3n) is 5.92. The predicted molar refractivity (Wildman–Crippen MR) is 105 cm³/mol. The summed E-state index contributed by atoms with van der Waals surface area (Å²) in [5, 5.41) is 1.71. The molecular weight excluding hydrogens is 286 g/mol. The Morgan fingerprint density at radius 1 is 0.952 bits per heavy atom. The van der Waals surface area contributed by atoms with Gasteiger partial charge in [-0.05, 0) is 32.9 Å². The fraction of sp³-hybridized carbons (Fsp3) is 0.889. The van der Waals surface area contributed by atoms with Crippen LogP contribution >= 0.6 is 0 Å². The van der Waals surface area contributed by atoms with Crippen molar-refractivity contribution in [1.82, 2.24) is 4.98 Å². The Morgan fingerprint density at radius 2 is 1.38 bits per heavy atom. The van der Waals surface area contributed by atoms with Crippen molar-refractivity contribution in [3.63, 3.8) is 0 Å². The Kier molecular flexibility index (Phi) is 8.74. The predicted octanol–water partition coefficient (Wildman–Crippen LogP) is 6.21. The van der Waals surface area contributed by atoms with Crippen LogP contribution in [0.4, 0.5) is 0 Å². The molecule has 0 saturated heterocycles. The van der Waals surface area contributed by atoms with Gasteiger partial charge in [0.05, 0.1) is 7.59 Å². The molecule has 0 spiro atoms. The summed E-state index contributed by atoms with van der Waals surface area (Å²) >= 11 is 0. The third kappa shape index (κ3) is 3.56. The van der Waals surface area contributed by atoms with E-state index >= 15 is 0 Å². The summed E-state index contributed by atoms with van der Waals surface area (Å²) < 4.78 is 0.